The summed E-state index contributed by atoms with van der Waals surface area (Å²) in [6, 6.07) is 7.75. The molecule has 0 aliphatic heterocycles. The number of anilines is 2. The van der Waals surface area contributed by atoms with E-state index in [1.165, 1.54) is 0 Å². The van der Waals surface area contributed by atoms with Crippen LogP contribution in [0.4, 0.5) is 11.9 Å². The van der Waals surface area contributed by atoms with Gasteiger partial charge in [0.15, 0.2) is 0 Å². The minimum atomic E-state index is -0.00947. The number of benzene rings is 1. The van der Waals surface area contributed by atoms with Gasteiger partial charge in [-0.3, -0.25) is 5.43 Å². The van der Waals surface area contributed by atoms with Crippen molar-refractivity contribution < 1.29 is 4.74 Å². The van der Waals surface area contributed by atoms with Crippen molar-refractivity contribution in [2.75, 3.05) is 17.3 Å². The fourth-order valence-electron chi connectivity index (χ4n) is 1.71. The summed E-state index contributed by atoms with van der Waals surface area (Å²) < 4.78 is 5.28. The Hall–Kier alpha value is -2.12. The van der Waals surface area contributed by atoms with Gasteiger partial charge < -0.3 is 10.1 Å². The molecule has 8 heteroatoms. The molecular weight excluding hydrogens is 292 g/mol. The Morgan fingerprint density at radius 2 is 1.86 bits per heavy atom. The molecule has 0 fully saturated rings. The number of hydrogen-bond acceptors (Lipinski definition) is 7. The summed E-state index contributed by atoms with van der Waals surface area (Å²) in [6.45, 7) is 4.30. The van der Waals surface area contributed by atoms with Crippen LogP contribution in [0, 0.1) is 0 Å². The van der Waals surface area contributed by atoms with E-state index in [0.29, 0.717) is 17.6 Å². The predicted octanol–water partition coefficient (Wildman–Crippen LogP) is 2.38. The average Bonchev–Trinajstić information content (AvgIpc) is 2.48. The number of nitrogens with zero attached hydrogens (tertiary/aromatic N) is 3. The molecule has 1 unspecified atom stereocenters. The van der Waals surface area contributed by atoms with Crippen LogP contribution in [0.5, 0.6) is 6.01 Å². The molecule has 0 amide bonds. The van der Waals surface area contributed by atoms with E-state index >= 15 is 0 Å². The number of ether oxygens (including phenoxy) is 1. The molecule has 2 rings (SSSR count). The van der Waals surface area contributed by atoms with E-state index in [4.69, 9.17) is 22.2 Å². The zero-order valence-corrected chi connectivity index (χ0v) is 12.6. The first-order valence-electron chi connectivity index (χ1n) is 6.50. The summed E-state index contributed by atoms with van der Waals surface area (Å²) in [5.41, 5.74) is 3.44. The highest BCUT2D eigenvalue weighted by molar-refractivity contribution is 6.30. The maximum absolute atomic E-state index is 5.88. The molecule has 1 heterocycles. The van der Waals surface area contributed by atoms with Gasteiger partial charge in [0.25, 0.3) is 0 Å². The topological polar surface area (TPSA) is 98.0 Å². The summed E-state index contributed by atoms with van der Waals surface area (Å²) in [7, 11) is 0. The second-order valence-electron chi connectivity index (χ2n) is 4.26. The maximum atomic E-state index is 5.88. The molecule has 0 saturated heterocycles. The van der Waals surface area contributed by atoms with E-state index in [9.17, 15) is 0 Å². The lowest BCUT2D eigenvalue weighted by Gasteiger charge is -2.15. The predicted molar refractivity (Wildman–Crippen MR) is 82.3 cm³/mol. The van der Waals surface area contributed by atoms with Crippen LogP contribution in [0.15, 0.2) is 24.3 Å². The Morgan fingerprint density at radius 3 is 2.48 bits per heavy atom. The largest absolute Gasteiger partial charge is 0.464 e. The van der Waals surface area contributed by atoms with Crippen LogP contribution in [0.25, 0.3) is 0 Å². The van der Waals surface area contributed by atoms with Crippen LogP contribution in [-0.2, 0) is 0 Å². The van der Waals surface area contributed by atoms with E-state index in [2.05, 4.69) is 25.7 Å². The molecule has 0 aliphatic carbocycles. The first kappa shape index (κ1) is 15.3. The summed E-state index contributed by atoms with van der Waals surface area (Å²) in [6.07, 6.45) is 0. The van der Waals surface area contributed by atoms with Gasteiger partial charge in [-0.25, -0.2) is 5.84 Å². The molecule has 0 spiro atoms. The van der Waals surface area contributed by atoms with Crippen LogP contribution >= 0.6 is 11.6 Å². The Morgan fingerprint density at radius 1 is 1.19 bits per heavy atom. The van der Waals surface area contributed by atoms with Crippen LogP contribution in [0.3, 0.4) is 0 Å². The molecule has 1 atom stereocenters. The standard InChI is InChI=1S/C13H17ClN6O/c1-3-21-13-18-11(17-12(19-13)20-15)16-8(2)9-4-6-10(14)7-5-9/h4-8H,3,15H2,1-2H3,(H2,16,17,18,19,20). The third-order valence-electron chi connectivity index (χ3n) is 2.73. The number of rotatable bonds is 6. The van der Waals surface area contributed by atoms with Gasteiger partial charge in [-0.05, 0) is 31.5 Å². The Balaban J connectivity index is 2.17. The lowest BCUT2D eigenvalue weighted by Crippen LogP contribution is -2.16. The summed E-state index contributed by atoms with van der Waals surface area (Å²) in [5.74, 6) is 5.96. The average molecular weight is 309 g/mol. The Kier molecular flexibility index (Phi) is 5.13. The molecule has 0 saturated carbocycles. The molecule has 0 bridgehead atoms. The number of nitrogen functional groups attached to an aromatic ring is 1. The summed E-state index contributed by atoms with van der Waals surface area (Å²) in [5, 5.41) is 3.86. The summed E-state index contributed by atoms with van der Waals surface area (Å²) >= 11 is 5.88. The van der Waals surface area contributed by atoms with Crippen molar-refractivity contribution in [3.8, 4) is 6.01 Å². The smallest absolute Gasteiger partial charge is 0.323 e. The van der Waals surface area contributed by atoms with Crippen molar-refractivity contribution in [3.05, 3.63) is 34.9 Å². The number of nitrogens with one attached hydrogen (secondary N) is 2. The molecule has 7 nitrogen and oxygen atoms in total. The van der Waals surface area contributed by atoms with E-state index < -0.39 is 0 Å². The Bertz CT molecular complexity index is 592. The lowest BCUT2D eigenvalue weighted by atomic mass is 10.1. The highest BCUT2D eigenvalue weighted by Crippen LogP contribution is 2.20. The fraction of sp³-hybridized carbons (Fsp3) is 0.308. The maximum Gasteiger partial charge on any atom is 0.323 e. The van der Waals surface area contributed by atoms with Gasteiger partial charge in [-0.2, -0.15) is 15.0 Å². The van der Waals surface area contributed by atoms with E-state index in [1.54, 1.807) is 0 Å². The SMILES string of the molecule is CCOc1nc(NN)nc(NC(C)c2ccc(Cl)cc2)n1. The van der Waals surface area contributed by atoms with Gasteiger partial charge in [0.1, 0.15) is 0 Å². The second-order valence-corrected chi connectivity index (χ2v) is 4.70. The molecule has 0 radical (unpaired) electrons. The number of hydrogen-bond donors (Lipinski definition) is 3. The molecule has 1 aromatic carbocycles. The van der Waals surface area contributed by atoms with Crippen LogP contribution in [0.2, 0.25) is 5.02 Å². The highest BCUT2D eigenvalue weighted by Gasteiger charge is 2.11. The van der Waals surface area contributed by atoms with Gasteiger partial charge in [0, 0.05) is 5.02 Å². The first-order chi connectivity index (χ1) is 10.1. The minimum Gasteiger partial charge on any atom is -0.464 e. The zero-order valence-electron chi connectivity index (χ0n) is 11.8. The van der Waals surface area contributed by atoms with Gasteiger partial charge in [0.2, 0.25) is 11.9 Å². The third-order valence-corrected chi connectivity index (χ3v) is 2.99. The van der Waals surface area contributed by atoms with Gasteiger partial charge in [-0.15, -0.1) is 0 Å². The zero-order chi connectivity index (χ0) is 15.2. The third kappa shape index (κ3) is 4.17. The summed E-state index contributed by atoms with van der Waals surface area (Å²) in [4.78, 5) is 12.3. The number of halogens is 1. The van der Waals surface area contributed by atoms with Gasteiger partial charge in [-0.1, -0.05) is 23.7 Å². The van der Waals surface area contributed by atoms with Crippen LogP contribution in [-0.4, -0.2) is 21.6 Å². The second kappa shape index (κ2) is 7.05. The van der Waals surface area contributed by atoms with Crippen molar-refractivity contribution >= 4 is 23.5 Å². The molecular formula is C13H17ClN6O. The Labute approximate surface area is 127 Å². The number of nitrogens with two attached hydrogens (primary N) is 1. The fourth-order valence-corrected chi connectivity index (χ4v) is 1.83. The molecule has 0 aliphatic rings. The molecule has 21 heavy (non-hydrogen) atoms. The van der Waals surface area contributed by atoms with E-state index in [-0.39, 0.29) is 18.0 Å². The molecule has 1 aromatic heterocycles. The van der Waals surface area contributed by atoms with E-state index in [0.717, 1.165) is 5.56 Å². The normalized spacial score (nSPS) is 11.8. The van der Waals surface area contributed by atoms with Crippen molar-refractivity contribution in [2.45, 2.75) is 19.9 Å². The van der Waals surface area contributed by atoms with Gasteiger partial charge >= 0.3 is 6.01 Å². The van der Waals surface area contributed by atoms with Crippen molar-refractivity contribution in [3.63, 3.8) is 0 Å². The molecule has 4 N–H and O–H groups in total. The molecule has 2 aromatic rings. The van der Waals surface area contributed by atoms with Crippen molar-refractivity contribution in [1.29, 1.82) is 0 Å². The highest BCUT2D eigenvalue weighted by atomic mass is 35.5. The monoisotopic (exact) mass is 308 g/mol. The molecule has 112 valence electrons. The lowest BCUT2D eigenvalue weighted by molar-refractivity contribution is 0.312. The quantitative estimate of drug-likeness (QED) is 0.556. The van der Waals surface area contributed by atoms with Crippen LogP contribution < -0.4 is 21.3 Å². The number of hydrazine groups is 1. The van der Waals surface area contributed by atoms with E-state index in [1.807, 2.05) is 38.1 Å². The van der Waals surface area contributed by atoms with Crippen LogP contribution in [0.1, 0.15) is 25.5 Å². The first-order valence-corrected chi connectivity index (χ1v) is 6.87. The van der Waals surface area contributed by atoms with Gasteiger partial charge in [0.05, 0.1) is 12.6 Å². The van der Waals surface area contributed by atoms with Crippen molar-refractivity contribution in [2.24, 2.45) is 5.84 Å². The van der Waals surface area contributed by atoms with Crippen molar-refractivity contribution in [1.82, 2.24) is 15.0 Å². The minimum absolute atomic E-state index is 0.00947. The number of aromatic nitrogens is 3.